The van der Waals surface area contributed by atoms with Crippen LogP contribution in [0.25, 0.3) is 0 Å². The number of hydrogen-bond acceptors (Lipinski definition) is 3. The van der Waals surface area contributed by atoms with E-state index in [2.05, 4.69) is 29.4 Å². The van der Waals surface area contributed by atoms with Gasteiger partial charge in [0.05, 0.1) is 11.4 Å². The highest BCUT2D eigenvalue weighted by molar-refractivity contribution is 5.72. The summed E-state index contributed by atoms with van der Waals surface area (Å²) in [5, 5.41) is 12.3. The van der Waals surface area contributed by atoms with Crippen molar-refractivity contribution in [3.8, 4) is 0 Å². The molecule has 14 heavy (non-hydrogen) atoms. The first-order valence-corrected chi connectivity index (χ1v) is 4.99. The summed E-state index contributed by atoms with van der Waals surface area (Å²) in [5.74, 6) is 0. The molecule has 1 aliphatic heterocycles. The van der Waals surface area contributed by atoms with Crippen molar-refractivity contribution >= 4 is 11.4 Å². The van der Waals surface area contributed by atoms with E-state index in [1.54, 1.807) is 0 Å². The highest BCUT2D eigenvalue weighted by Gasteiger charge is 2.19. The van der Waals surface area contributed by atoms with Crippen molar-refractivity contribution in [1.29, 1.82) is 0 Å². The molecule has 1 aliphatic rings. The third-order valence-corrected chi connectivity index (χ3v) is 2.65. The lowest BCUT2D eigenvalue weighted by atomic mass is 10.1. The van der Waals surface area contributed by atoms with Crippen molar-refractivity contribution in [2.24, 2.45) is 0 Å². The van der Waals surface area contributed by atoms with Crippen molar-refractivity contribution in [2.75, 3.05) is 30.4 Å². The summed E-state index contributed by atoms with van der Waals surface area (Å²) in [6.07, 6.45) is 0.804. The predicted octanol–water partition coefficient (Wildman–Crippen LogP) is 1.30. The van der Waals surface area contributed by atoms with Crippen LogP contribution in [0.3, 0.4) is 0 Å². The van der Waals surface area contributed by atoms with Crippen LogP contribution in [-0.2, 0) is 0 Å². The Morgan fingerprint density at radius 3 is 3.07 bits per heavy atom. The van der Waals surface area contributed by atoms with Crippen LogP contribution in [0, 0.1) is 0 Å². The molecular weight excluding hydrogens is 176 g/mol. The van der Waals surface area contributed by atoms with Crippen LogP contribution in [0.1, 0.15) is 6.42 Å². The van der Waals surface area contributed by atoms with Gasteiger partial charge in [-0.25, -0.2) is 0 Å². The maximum atomic E-state index is 8.89. The SMILES string of the molecule is CN1CC(CCO)Nc2ccccc21. The first-order valence-electron chi connectivity index (χ1n) is 4.99. The zero-order valence-electron chi connectivity index (χ0n) is 8.40. The Balaban J connectivity index is 2.20. The number of nitrogens with zero attached hydrogens (tertiary/aromatic N) is 1. The van der Waals surface area contributed by atoms with Crippen LogP contribution < -0.4 is 10.2 Å². The number of fused-ring (bicyclic) bond motifs is 1. The molecule has 0 saturated heterocycles. The quantitative estimate of drug-likeness (QED) is 0.741. The second-order valence-electron chi connectivity index (χ2n) is 3.75. The van der Waals surface area contributed by atoms with Gasteiger partial charge in [0, 0.05) is 26.2 Å². The summed E-state index contributed by atoms with van der Waals surface area (Å²) in [6, 6.07) is 8.62. The number of likely N-dealkylation sites (N-methyl/N-ethyl adjacent to an activating group) is 1. The highest BCUT2D eigenvalue weighted by atomic mass is 16.3. The van der Waals surface area contributed by atoms with Crippen molar-refractivity contribution < 1.29 is 5.11 Å². The summed E-state index contributed by atoms with van der Waals surface area (Å²) in [5.41, 5.74) is 2.40. The first kappa shape index (κ1) is 9.34. The van der Waals surface area contributed by atoms with Crippen LogP contribution in [-0.4, -0.2) is 31.3 Å². The summed E-state index contributed by atoms with van der Waals surface area (Å²) in [6.45, 7) is 1.20. The smallest absolute Gasteiger partial charge is 0.0600 e. The van der Waals surface area contributed by atoms with Crippen LogP contribution in [0.5, 0.6) is 0 Å². The monoisotopic (exact) mass is 192 g/mol. The number of aliphatic hydroxyl groups excluding tert-OH is 1. The van der Waals surface area contributed by atoms with Gasteiger partial charge in [0.2, 0.25) is 0 Å². The van der Waals surface area contributed by atoms with E-state index in [4.69, 9.17) is 5.11 Å². The number of benzene rings is 1. The zero-order valence-corrected chi connectivity index (χ0v) is 8.40. The van der Waals surface area contributed by atoms with Gasteiger partial charge in [0.15, 0.2) is 0 Å². The average Bonchev–Trinajstić information content (AvgIpc) is 2.18. The molecule has 1 heterocycles. The van der Waals surface area contributed by atoms with Gasteiger partial charge in [-0.2, -0.15) is 0 Å². The van der Waals surface area contributed by atoms with Crippen LogP contribution in [0.15, 0.2) is 24.3 Å². The van der Waals surface area contributed by atoms with Gasteiger partial charge in [-0.15, -0.1) is 0 Å². The molecule has 0 spiro atoms. The van der Waals surface area contributed by atoms with Gasteiger partial charge in [-0.05, 0) is 18.6 Å². The standard InChI is InChI=1S/C11H16N2O/c1-13-8-9(6-7-14)12-10-4-2-3-5-11(10)13/h2-5,9,12,14H,6-8H2,1H3. The number of aliphatic hydroxyl groups is 1. The number of hydrogen-bond donors (Lipinski definition) is 2. The highest BCUT2D eigenvalue weighted by Crippen LogP contribution is 2.29. The second kappa shape index (κ2) is 3.88. The second-order valence-corrected chi connectivity index (χ2v) is 3.75. The number of anilines is 2. The molecule has 2 N–H and O–H groups in total. The molecule has 0 fully saturated rings. The van der Waals surface area contributed by atoms with Gasteiger partial charge in [0.1, 0.15) is 0 Å². The summed E-state index contributed by atoms with van der Waals surface area (Å²) in [4.78, 5) is 2.23. The molecule has 0 saturated carbocycles. The summed E-state index contributed by atoms with van der Waals surface area (Å²) < 4.78 is 0. The molecular formula is C11H16N2O. The Labute approximate surface area is 84.4 Å². The van der Waals surface area contributed by atoms with Crippen LogP contribution >= 0.6 is 0 Å². The van der Waals surface area contributed by atoms with E-state index in [0.29, 0.717) is 6.04 Å². The van der Waals surface area contributed by atoms with Gasteiger partial charge in [-0.3, -0.25) is 0 Å². The lowest BCUT2D eigenvalue weighted by Crippen LogP contribution is -2.39. The Bertz CT molecular complexity index is 314. The zero-order chi connectivity index (χ0) is 9.97. The number of para-hydroxylation sites is 2. The van der Waals surface area contributed by atoms with Gasteiger partial charge in [0.25, 0.3) is 0 Å². The van der Waals surface area contributed by atoms with E-state index in [1.165, 1.54) is 11.4 Å². The Morgan fingerprint density at radius 1 is 1.50 bits per heavy atom. The minimum absolute atomic E-state index is 0.244. The number of rotatable bonds is 2. The van der Waals surface area contributed by atoms with Gasteiger partial charge >= 0.3 is 0 Å². The molecule has 76 valence electrons. The molecule has 0 bridgehead atoms. The fraction of sp³-hybridized carbons (Fsp3) is 0.455. The molecule has 0 aliphatic carbocycles. The Kier molecular flexibility index (Phi) is 2.59. The molecule has 0 aromatic heterocycles. The molecule has 0 radical (unpaired) electrons. The minimum Gasteiger partial charge on any atom is -0.396 e. The molecule has 0 amide bonds. The third-order valence-electron chi connectivity index (χ3n) is 2.65. The molecule has 3 nitrogen and oxygen atoms in total. The summed E-state index contributed by atoms with van der Waals surface area (Å²) >= 11 is 0. The fourth-order valence-corrected chi connectivity index (χ4v) is 1.94. The topological polar surface area (TPSA) is 35.5 Å². The lowest BCUT2D eigenvalue weighted by molar-refractivity contribution is 0.279. The van der Waals surface area contributed by atoms with E-state index in [1.807, 2.05) is 12.1 Å². The molecule has 1 atom stereocenters. The van der Waals surface area contributed by atoms with Crippen molar-refractivity contribution in [3.63, 3.8) is 0 Å². The Morgan fingerprint density at radius 2 is 2.29 bits per heavy atom. The van der Waals surface area contributed by atoms with E-state index < -0.39 is 0 Å². The van der Waals surface area contributed by atoms with Gasteiger partial charge < -0.3 is 15.3 Å². The molecule has 1 unspecified atom stereocenters. The van der Waals surface area contributed by atoms with E-state index >= 15 is 0 Å². The van der Waals surface area contributed by atoms with Crippen LogP contribution in [0.4, 0.5) is 11.4 Å². The van der Waals surface area contributed by atoms with E-state index in [-0.39, 0.29) is 6.61 Å². The number of nitrogens with one attached hydrogen (secondary N) is 1. The maximum absolute atomic E-state index is 8.89. The van der Waals surface area contributed by atoms with E-state index in [9.17, 15) is 0 Å². The molecule has 1 aromatic rings. The third kappa shape index (κ3) is 1.68. The maximum Gasteiger partial charge on any atom is 0.0600 e. The molecule has 2 rings (SSSR count). The largest absolute Gasteiger partial charge is 0.396 e. The average molecular weight is 192 g/mol. The predicted molar refractivity (Wildman–Crippen MR) is 58.8 cm³/mol. The molecule has 3 heteroatoms. The van der Waals surface area contributed by atoms with Crippen molar-refractivity contribution in [3.05, 3.63) is 24.3 Å². The minimum atomic E-state index is 0.244. The van der Waals surface area contributed by atoms with E-state index in [0.717, 1.165) is 13.0 Å². The van der Waals surface area contributed by atoms with Crippen molar-refractivity contribution in [2.45, 2.75) is 12.5 Å². The first-order chi connectivity index (χ1) is 6.81. The summed E-state index contributed by atoms with van der Waals surface area (Å²) in [7, 11) is 2.09. The Hall–Kier alpha value is -1.22. The normalized spacial score (nSPS) is 20.1. The van der Waals surface area contributed by atoms with Crippen LogP contribution in [0.2, 0.25) is 0 Å². The fourth-order valence-electron chi connectivity index (χ4n) is 1.94. The van der Waals surface area contributed by atoms with Crippen molar-refractivity contribution in [1.82, 2.24) is 0 Å². The lowest BCUT2D eigenvalue weighted by Gasteiger charge is -2.34. The van der Waals surface area contributed by atoms with Gasteiger partial charge in [-0.1, -0.05) is 12.1 Å². The molecule has 1 aromatic carbocycles.